The van der Waals surface area contributed by atoms with Gasteiger partial charge in [-0.2, -0.15) is 5.10 Å². The lowest BCUT2D eigenvalue weighted by Gasteiger charge is -2.13. The summed E-state index contributed by atoms with van der Waals surface area (Å²) in [5, 5.41) is 4.14. The number of hydrogen-bond acceptors (Lipinski definition) is 3. The predicted molar refractivity (Wildman–Crippen MR) is 48.8 cm³/mol. The molecule has 0 aliphatic carbocycles. The van der Waals surface area contributed by atoms with Gasteiger partial charge in [0.2, 0.25) is 0 Å². The minimum atomic E-state index is -0.187. The maximum atomic E-state index is 11.4. The summed E-state index contributed by atoms with van der Waals surface area (Å²) in [4.78, 5) is 13.1. The van der Waals surface area contributed by atoms with Crippen LogP contribution in [0.4, 0.5) is 5.69 Å². The molecule has 0 aliphatic rings. The fourth-order valence-electron chi connectivity index (χ4n) is 0.911. The summed E-state index contributed by atoms with van der Waals surface area (Å²) in [5.41, 5.74) is 0.279. The Morgan fingerprint density at radius 1 is 1.58 bits per heavy atom. The van der Waals surface area contributed by atoms with Gasteiger partial charge in [0.1, 0.15) is 5.69 Å². The van der Waals surface area contributed by atoms with Crippen LogP contribution in [0, 0.1) is 0 Å². The first kappa shape index (κ1) is 9.06. The molecule has 0 saturated carbocycles. The van der Waals surface area contributed by atoms with Crippen molar-refractivity contribution >= 4 is 17.3 Å². The van der Waals surface area contributed by atoms with Crippen LogP contribution in [0.1, 0.15) is 0 Å². The fraction of sp³-hybridized carbons (Fsp3) is 0.429. The van der Waals surface area contributed by atoms with Gasteiger partial charge in [-0.25, -0.2) is 4.68 Å². The summed E-state index contributed by atoms with van der Waals surface area (Å²) in [5.74, 6) is 0. The van der Waals surface area contributed by atoms with E-state index in [0.717, 1.165) is 0 Å². The summed E-state index contributed by atoms with van der Waals surface area (Å²) in [6.45, 7) is 0. The Labute approximate surface area is 75.4 Å². The zero-order chi connectivity index (χ0) is 9.30. The predicted octanol–water partition coefficient (Wildman–Crippen LogP) is 0.500. The van der Waals surface area contributed by atoms with Crippen molar-refractivity contribution in [3.63, 3.8) is 0 Å². The van der Waals surface area contributed by atoms with Crippen molar-refractivity contribution in [2.45, 2.75) is 0 Å². The van der Waals surface area contributed by atoms with Gasteiger partial charge in [0.15, 0.2) is 0 Å². The van der Waals surface area contributed by atoms with Crippen LogP contribution in [-0.4, -0.2) is 23.9 Å². The van der Waals surface area contributed by atoms with Crippen LogP contribution < -0.4 is 10.5 Å². The highest BCUT2D eigenvalue weighted by atomic mass is 35.5. The first-order valence-electron chi connectivity index (χ1n) is 3.43. The molecule has 1 aromatic heterocycles. The van der Waals surface area contributed by atoms with Crippen molar-refractivity contribution in [1.82, 2.24) is 9.78 Å². The van der Waals surface area contributed by atoms with Crippen molar-refractivity contribution in [2.75, 3.05) is 19.0 Å². The summed E-state index contributed by atoms with van der Waals surface area (Å²) in [7, 11) is 5.12. The topological polar surface area (TPSA) is 38.1 Å². The van der Waals surface area contributed by atoms with Gasteiger partial charge >= 0.3 is 0 Å². The molecule has 0 unspecified atom stereocenters. The van der Waals surface area contributed by atoms with Crippen LogP contribution in [0.15, 0.2) is 11.0 Å². The number of aryl methyl sites for hydroxylation is 1. The van der Waals surface area contributed by atoms with E-state index < -0.39 is 0 Å². The molecule has 5 heteroatoms. The van der Waals surface area contributed by atoms with Crippen molar-refractivity contribution in [1.29, 1.82) is 0 Å². The summed E-state index contributed by atoms with van der Waals surface area (Å²) >= 11 is 5.78. The van der Waals surface area contributed by atoms with E-state index in [4.69, 9.17) is 11.6 Å². The molecule has 1 aromatic rings. The van der Waals surface area contributed by atoms with Crippen LogP contribution in [0.3, 0.4) is 0 Å². The third-order valence-corrected chi connectivity index (χ3v) is 1.79. The lowest BCUT2D eigenvalue weighted by atomic mass is 10.4. The van der Waals surface area contributed by atoms with Gasteiger partial charge in [-0.1, -0.05) is 11.6 Å². The standard InChI is InChI=1S/C7H10ClN3O/c1-10(2)6-5(8)4-9-11(3)7(6)12/h4H,1-3H3. The normalized spacial score (nSPS) is 10.0. The average molecular weight is 188 g/mol. The second kappa shape index (κ2) is 3.15. The van der Waals surface area contributed by atoms with Crippen LogP contribution in [0.25, 0.3) is 0 Å². The molecule has 0 aromatic carbocycles. The smallest absolute Gasteiger partial charge is 0.291 e. The van der Waals surface area contributed by atoms with E-state index in [1.807, 2.05) is 0 Å². The first-order valence-corrected chi connectivity index (χ1v) is 3.81. The summed E-state index contributed by atoms with van der Waals surface area (Å²) in [6.07, 6.45) is 1.46. The van der Waals surface area contributed by atoms with Crippen LogP contribution >= 0.6 is 11.6 Å². The quantitative estimate of drug-likeness (QED) is 0.643. The largest absolute Gasteiger partial charge is 0.372 e. The Morgan fingerprint density at radius 3 is 2.58 bits per heavy atom. The molecule has 0 radical (unpaired) electrons. The third-order valence-electron chi connectivity index (χ3n) is 1.51. The molecular weight excluding hydrogens is 178 g/mol. The lowest BCUT2D eigenvalue weighted by molar-refractivity contribution is 0.705. The molecule has 0 atom stereocenters. The number of aromatic nitrogens is 2. The van der Waals surface area contributed by atoms with Crippen LogP contribution in [-0.2, 0) is 7.05 Å². The molecule has 0 fully saturated rings. The van der Waals surface area contributed by atoms with E-state index in [9.17, 15) is 4.79 Å². The van der Waals surface area contributed by atoms with E-state index in [2.05, 4.69) is 5.10 Å². The van der Waals surface area contributed by atoms with Crippen molar-refractivity contribution in [3.05, 3.63) is 21.6 Å². The molecular formula is C7H10ClN3O. The van der Waals surface area contributed by atoms with Crippen molar-refractivity contribution in [3.8, 4) is 0 Å². The van der Waals surface area contributed by atoms with Crippen molar-refractivity contribution in [2.24, 2.45) is 7.05 Å². The SMILES string of the molecule is CN(C)c1c(Cl)cnn(C)c1=O. The van der Waals surface area contributed by atoms with E-state index in [-0.39, 0.29) is 5.56 Å². The highest BCUT2D eigenvalue weighted by molar-refractivity contribution is 6.33. The van der Waals surface area contributed by atoms with Crippen LogP contribution in [0.5, 0.6) is 0 Å². The molecule has 1 heterocycles. The van der Waals surface area contributed by atoms with Gasteiger partial charge in [0, 0.05) is 21.1 Å². The van der Waals surface area contributed by atoms with E-state index in [0.29, 0.717) is 10.7 Å². The fourth-order valence-corrected chi connectivity index (χ4v) is 1.20. The summed E-state index contributed by atoms with van der Waals surface area (Å²) < 4.78 is 1.25. The first-order chi connectivity index (χ1) is 5.54. The van der Waals surface area contributed by atoms with Gasteiger partial charge in [-0.3, -0.25) is 4.79 Å². The number of hydrogen-bond donors (Lipinski definition) is 0. The molecule has 0 N–H and O–H groups in total. The maximum Gasteiger partial charge on any atom is 0.291 e. The molecule has 0 bridgehead atoms. The van der Waals surface area contributed by atoms with Gasteiger partial charge in [-0.15, -0.1) is 0 Å². The lowest BCUT2D eigenvalue weighted by Crippen LogP contribution is -2.27. The molecule has 1 rings (SSSR count). The molecule has 12 heavy (non-hydrogen) atoms. The Morgan fingerprint density at radius 2 is 2.17 bits per heavy atom. The van der Waals surface area contributed by atoms with Gasteiger partial charge in [0.05, 0.1) is 11.2 Å². The van der Waals surface area contributed by atoms with E-state index in [1.54, 1.807) is 26.0 Å². The van der Waals surface area contributed by atoms with Gasteiger partial charge in [0.25, 0.3) is 5.56 Å². The molecule has 0 amide bonds. The van der Waals surface area contributed by atoms with Crippen LogP contribution in [0.2, 0.25) is 5.02 Å². The van der Waals surface area contributed by atoms with Gasteiger partial charge < -0.3 is 4.90 Å². The Kier molecular flexibility index (Phi) is 2.38. The minimum Gasteiger partial charge on any atom is -0.372 e. The number of rotatable bonds is 1. The average Bonchev–Trinajstić information content (AvgIpc) is 1.97. The second-order valence-electron chi connectivity index (χ2n) is 2.66. The Hall–Kier alpha value is -1.03. The monoisotopic (exact) mass is 187 g/mol. The van der Waals surface area contributed by atoms with Crippen molar-refractivity contribution < 1.29 is 0 Å². The molecule has 66 valence electrons. The highest BCUT2D eigenvalue weighted by Gasteiger charge is 2.08. The molecule has 0 spiro atoms. The summed E-state index contributed by atoms with van der Waals surface area (Å²) in [6, 6.07) is 0. The maximum absolute atomic E-state index is 11.4. The minimum absolute atomic E-state index is 0.187. The van der Waals surface area contributed by atoms with Gasteiger partial charge in [-0.05, 0) is 0 Å². The Balaban J connectivity index is 3.44. The third kappa shape index (κ3) is 1.43. The second-order valence-corrected chi connectivity index (χ2v) is 3.07. The number of anilines is 1. The molecule has 0 aliphatic heterocycles. The molecule has 4 nitrogen and oxygen atoms in total. The van der Waals surface area contributed by atoms with E-state index in [1.165, 1.54) is 10.9 Å². The van der Waals surface area contributed by atoms with E-state index >= 15 is 0 Å². The zero-order valence-electron chi connectivity index (χ0n) is 7.21. The highest BCUT2D eigenvalue weighted by Crippen LogP contribution is 2.16. The number of nitrogens with zero attached hydrogens (tertiary/aromatic N) is 3. The number of halogens is 1. The molecule has 0 saturated heterocycles. The zero-order valence-corrected chi connectivity index (χ0v) is 7.96. The Bertz CT molecular complexity index is 345.